The van der Waals surface area contributed by atoms with Crippen LogP contribution in [0.1, 0.15) is 12.5 Å². The number of nitrogens with one attached hydrogen (secondary N) is 1. The Bertz CT molecular complexity index is 975. The first-order valence-corrected chi connectivity index (χ1v) is 8.74. The first-order chi connectivity index (χ1) is 13.7. The summed E-state index contributed by atoms with van der Waals surface area (Å²) in [5.41, 5.74) is 1.11. The van der Waals surface area contributed by atoms with E-state index in [1.165, 1.54) is 30.5 Å². The molecule has 3 aromatic rings. The maximum atomic E-state index is 14.2. The first kappa shape index (κ1) is 19.1. The number of rotatable bonds is 7. The molecule has 28 heavy (non-hydrogen) atoms. The summed E-state index contributed by atoms with van der Waals surface area (Å²) < 4.78 is 25.2. The van der Waals surface area contributed by atoms with Crippen molar-refractivity contribution in [2.75, 3.05) is 11.9 Å². The topological polar surface area (TPSA) is 60.5 Å². The summed E-state index contributed by atoms with van der Waals surface area (Å²) in [5, 5.41) is 2.75. The van der Waals surface area contributed by atoms with E-state index in [0.29, 0.717) is 29.4 Å². The molecule has 5 nitrogen and oxygen atoms in total. The Kier molecular flexibility index (Phi) is 6.36. The van der Waals surface area contributed by atoms with Crippen molar-refractivity contribution in [2.24, 2.45) is 0 Å². The molecule has 0 aliphatic heterocycles. The van der Waals surface area contributed by atoms with E-state index in [-0.39, 0.29) is 11.7 Å². The molecule has 0 saturated heterocycles. The number of amides is 1. The Morgan fingerprint density at radius 2 is 2.00 bits per heavy atom. The summed E-state index contributed by atoms with van der Waals surface area (Å²) in [5.74, 6) is 0.239. The summed E-state index contributed by atoms with van der Waals surface area (Å²) >= 11 is 0. The minimum absolute atomic E-state index is 0.0836. The second-order valence-corrected chi connectivity index (χ2v) is 5.73. The molecule has 142 valence electrons. The lowest BCUT2D eigenvalue weighted by molar-refractivity contribution is -0.111. The summed E-state index contributed by atoms with van der Waals surface area (Å²) in [7, 11) is 0. The molecule has 0 fully saturated rings. The number of hydrogen-bond donors (Lipinski definition) is 1. The summed E-state index contributed by atoms with van der Waals surface area (Å²) in [6.07, 6.45) is 5.96. The zero-order valence-corrected chi connectivity index (χ0v) is 15.3. The van der Waals surface area contributed by atoms with Crippen LogP contribution in [0.4, 0.5) is 10.1 Å². The monoisotopic (exact) mass is 378 g/mol. The van der Waals surface area contributed by atoms with Gasteiger partial charge in [0.25, 0.3) is 0 Å². The minimum Gasteiger partial charge on any atom is -0.492 e. The Morgan fingerprint density at radius 3 is 2.75 bits per heavy atom. The molecular weight excluding hydrogens is 359 g/mol. The van der Waals surface area contributed by atoms with Crippen LogP contribution < -0.4 is 14.8 Å². The highest BCUT2D eigenvalue weighted by Crippen LogP contribution is 2.25. The average Bonchev–Trinajstić information content (AvgIpc) is 2.71. The number of halogens is 1. The van der Waals surface area contributed by atoms with Gasteiger partial charge in [-0.1, -0.05) is 18.2 Å². The van der Waals surface area contributed by atoms with Gasteiger partial charge in [-0.3, -0.25) is 9.78 Å². The van der Waals surface area contributed by atoms with Crippen molar-refractivity contribution in [3.05, 3.63) is 84.4 Å². The Labute approximate surface area is 162 Å². The van der Waals surface area contributed by atoms with Crippen LogP contribution in [-0.4, -0.2) is 17.5 Å². The molecule has 0 atom stereocenters. The highest BCUT2D eigenvalue weighted by molar-refractivity contribution is 6.02. The summed E-state index contributed by atoms with van der Waals surface area (Å²) in [6, 6.07) is 15.0. The Morgan fingerprint density at radius 1 is 1.14 bits per heavy atom. The van der Waals surface area contributed by atoms with Crippen molar-refractivity contribution in [1.29, 1.82) is 0 Å². The molecule has 0 aliphatic rings. The maximum Gasteiger partial charge on any atom is 0.248 e. The zero-order valence-electron chi connectivity index (χ0n) is 15.3. The molecule has 1 aromatic heterocycles. The second-order valence-electron chi connectivity index (χ2n) is 5.73. The van der Waals surface area contributed by atoms with Crippen LogP contribution in [0.15, 0.2) is 73.1 Å². The lowest BCUT2D eigenvalue weighted by Gasteiger charge is -2.09. The average molecular weight is 378 g/mol. The van der Waals surface area contributed by atoms with E-state index < -0.39 is 5.82 Å². The molecule has 0 bridgehead atoms. The third kappa shape index (κ3) is 5.17. The molecule has 0 aliphatic carbocycles. The number of benzene rings is 2. The fourth-order valence-electron chi connectivity index (χ4n) is 2.44. The van der Waals surface area contributed by atoms with Gasteiger partial charge in [0.1, 0.15) is 11.5 Å². The van der Waals surface area contributed by atoms with Crippen molar-refractivity contribution in [3.8, 4) is 17.2 Å². The van der Waals surface area contributed by atoms with Crippen LogP contribution in [0.5, 0.6) is 17.2 Å². The van der Waals surface area contributed by atoms with Gasteiger partial charge in [-0.15, -0.1) is 0 Å². The standard InChI is InChI=1S/C22H19FN2O3/c1-2-27-21-8-4-3-7-19(21)25-22(26)12-10-16-9-11-20(18(23)14-16)28-17-6-5-13-24-15-17/h3-15H,2H2,1H3,(H,25,26)/b12-10+. The lowest BCUT2D eigenvalue weighted by Crippen LogP contribution is -2.09. The molecule has 0 radical (unpaired) electrons. The number of carbonyl (C=O) groups excluding carboxylic acids is 1. The van der Waals surface area contributed by atoms with E-state index in [0.717, 1.165) is 0 Å². The summed E-state index contributed by atoms with van der Waals surface area (Å²) in [4.78, 5) is 16.1. The van der Waals surface area contributed by atoms with E-state index in [4.69, 9.17) is 9.47 Å². The molecule has 0 saturated carbocycles. The van der Waals surface area contributed by atoms with Crippen LogP contribution >= 0.6 is 0 Å². The van der Waals surface area contributed by atoms with Crippen LogP contribution in [0, 0.1) is 5.82 Å². The van der Waals surface area contributed by atoms with Gasteiger partial charge < -0.3 is 14.8 Å². The van der Waals surface area contributed by atoms with Crippen LogP contribution in [-0.2, 0) is 4.79 Å². The Hall–Kier alpha value is -3.67. The molecule has 0 unspecified atom stereocenters. The highest BCUT2D eigenvalue weighted by Gasteiger charge is 2.07. The van der Waals surface area contributed by atoms with Crippen LogP contribution in [0.25, 0.3) is 6.08 Å². The van der Waals surface area contributed by atoms with Gasteiger partial charge in [0.15, 0.2) is 11.6 Å². The number of hydrogen-bond acceptors (Lipinski definition) is 4. The molecular formula is C22H19FN2O3. The SMILES string of the molecule is CCOc1ccccc1NC(=O)/C=C/c1ccc(Oc2cccnc2)c(F)c1. The highest BCUT2D eigenvalue weighted by atomic mass is 19.1. The molecule has 1 heterocycles. The van der Waals surface area contributed by atoms with Crippen molar-refractivity contribution in [2.45, 2.75) is 6.92 Å². The van der Waals surface area contributed by atoms with Crippen LogP contribution in [0.2, 0.25) is 0 Å². The quantitative estimate of drug-likeness (QED) is 0.584. The van der Waals surface area contributed by atoms with E-state index in [1.807, 2.05) is 13.0 Å². The minimum atomic E-state index is -0.534. The molecule has 1 N–H and O–H groups in total. The first-order valence-electron chi connectivity index (χ1n) is 8.74. The normalized spacial score (nSPS) is 10.6. The number of ether oxygens (including phenoxy) is 2. The van der Waals surface area contributed by atoms with Crippen molar-refractivity contribution in [3.63, 3.8) is 0 Å². The third-order valence-electron chi connectivity index (χ3n) is 3.69. The number of aromatic nitrogens is 1. The second kappa shape index (κ2) is 9.32. The Balaban J connectivity index is 1.65. The van der Waals surface area contributed by atoms with Gasteiger partial charge in [-0.05, 0) is 55.0 Å². The number of pyridine rings is 1. The largest absolute Gasteiger partial charge is 0.492 e. The van der Waals surface area contributed by atoms with E-state index in [1.54, 1.807) is 42.6 Å². The van der Waals surface area contributed by atoms with Crippen molar-refractivity contribution >= 4 is 17.7 Å². The van der Waals surface area contributed by atoms with Gasteiger partial charge in [0.05, 0.1) is 18.5 Å². The predicted octanol–water partition coefficient (Wildman–Crippen LogP) is 5.06. The fraction of sp³-hybridized carbons (Fsp3) is 0.0909. The van der Waals surface area contributed by atoms with Gasteiger partial charge in [0, 0.05) is 12.3 Å². The molecule has 2 aromatic carbocycles. The fourth-order valence-corrected chi connectivity index (χ4v) is 2.44. The van der Waals surface area contributed by atoms with Gasteiger partial charge >= 0.3 is 0 Å². The molecule has 0 spiro atoms. The number of nitrogens with zero attached hydrogens (tertiary/aromatic N) is 1. The molecule has 6 heteroatoms. The smallest absolute Gasteiger partial charge is 0.248 e. The van der Waals surface area contributed by atoms with Crippen molar-refractivity contribution < 1.29 is 18.7 Å². The predicted molar refractivity (Wildman–Crippen MR) is 106 cm³/mol. The van der Waals surface area contributed by atoms with Gasteiger partial charge in [-0.25, -0.2) is 4.39 Å². The zero-order chi connectivity index (χ0) is 19.8. The molecule has 3 rings (SSSR count). The summed E-state index contributed by atoms with van der Waals surface area (Å²) in [6.45, 7) is 2.37. The van der Waals surface area contributed by atoms with Crippen molar-refractivity contribution in [1.82, 2.24) is 4.98 Å². The number of anilines is 1. The van der Waals surface area contributed by atoms with E-state index in [2.05, 4.69) is 10.3 Å². The number of carbonyl (C=O) groups is 1. The maximum absolute atomic E-state index is 14.2. The number of para-hydroxylation sites is 2. The third-order valence-corrected chi connectivity index (χ3v) is 3.69. The van der Waals surface area contributed by atoms with E-state index >= 15 is 0 Å². The molecule has 1 amide bonds. The van der Waals surface area contributed by atoms with Gasteiger partial charge in [0.2, 0.25) is 5.91 Å². The van der Waals surface area contributed by atoms with E-state index in [9.17, 15) is 9.18 Å². The van der Waals surface area contributed by atoms with Gasteiger partial charge in [-0.2, -0.15) is 0 Å². The lowest BCUT2D eigenvalue weighted by atomic mass is 10.2. The van der Waals surface area contributed by atoms with Crippen LogP contribution in [0.3, 0.4) is 0 Å².